The number of hydrogen-bond donors (Lipinski definition) is 0. The molecular formula is C15H13FN4. The minimum Gasteiger partial charge on any atom is -0.283 e. The van der Waals surface area contributed by atoms with E-state index in [0.717, 1.165) is 16.9 Å². The second-order valence-electron chi connectivity index (χ2n) is 4.60. The molecule has 0 N–H and O–H groups in total. The number of hydrogen-bond acceptors (Lipinski definition) is 3. The van der Waals surface area contributed by atoms with Gasteiger partial charge in [-0.15, -0.1) is 10.2 Å². The molecule has 0 unspecified atom stereocenters. The molecule has 0 spiro atoms. The van der Waals surface area contributed by atoms with Crippen LogP contribution in [0.4, 0.5) is 15.9 Å². The quantitative estimate of drug-likeness (QED) is 0.631. The summed E-state index contributed by atoms with van der Waals surface area (Å²) >= 11 is 0. The van der Waals surface area contributed by atoms with Crippen molar-refractivity contribution in [3.05, 3.63) is 59.7 Å². The van der Waals surface area contributed by atoms with Crippen LogP contribution in [0.3, 0.4) is 0 Å². The van der Waals surface area contributed by atoms with Crippen molar-refractivity contribution < 1.29 is 4.39 Å². The van der Waals surface area contributed by atoms with Crippen LogP contribution in [0.2, 0.25) is 0 Å². The van der Waals surface area contributed by atoms with Crippen molar-refractivity contribution in [3.8, 4) is 0 Å². The lowest BCUT2D eigenvalue weighted by Gasteiger charge is -1.98. The molecule has 2 heterocycles. The van der Waals surface area contributed by atoms with Gasteiger partial charge in [0.25, 0.3) is 0 Å². The van der Waals surface area contributed by atoms with E-state index in [1.807, 2.05) is 36.6 Å². The van der Waals surface area contributed by atoms with Crippen molar-refractivity contribution in [2.45, 2.75) is 13.8 Å². The summed E-state index contributed by atoms with van der Waals surface area (Å²) < 4.78 is 15.3. The van der Waals surface area contributed by atoms with Crippen molar-refractivity contribution in [2.75, 3.05) is 0 Å². The smallest absolute Gasteiger partial charge is 0.182 e. The van der Waals surface area contributed by atoms with Crippen LogP contribution in [-0.2, 0) is 0 Å². The molecule has 0 saturated carbocycles. The summed E-state index contributed by atoms with van der Waals surface area (Å²) in [6, 6.07) is 10.2. The Morgan fingerprint density at radius 2 is 1.90 bits per heavy atom. The van der Waals surface area contributed by atoms with Crippen LogP contribution in [0, 0.1) is 19.7 Å². The molecule has 4 nitrogen and oxygen atoms in total. The first-order valence-corrected chi connectivity index (χ1v) is 6.27. The summed E-state index contributed by atoms with van der Waals surface area (Å²) in [4.78, 5) is 4.42. The zero-order valence-electron chi connectivity index (χ0n) is 11.2. The van der Waals surface area contributed by atoms with E-state index >= 15 is 0 Å². The van der Waals surface area contributed by atoms with Gasteiger partial charge in [0.2, 0.25) is 0 Å². The molecule has 5 heteroatoms. The molecule has 0 amide bonds. The maximum Gasteiger partial charge on any atom is 0.182 e. The minimum absolute atomic E-state index is 0.217. The number of halogens is 1. The molecule has 2 aromatic heterocycles. The molecular weight excluding hydrogens is 255 g/mol. The molecule has 100 valence electrons. The van der Waals surface area contributed by atoms with E-state index in [1.165, 1.54) is 6.07 Å². The van der Waals surface area contributed by atoms with Gasteiger partial charge in [0, 0.05) is 6.20 Å². The second kappa shape index (κ2) is 4.85. The van der Waals surface area contributed by atoms with Gasteiger partial charge in [0.15, 0.2) is 11.6 Å². The van der Waals surface area contributed by atoms with Crippen LogP contribution in [0.1, 0.15) is 11.3 Å². The third-order valence-corrected chi connectivity index (χ3v) is 3.03. The number of pyridine rings is 1. The number of aromatic nitrogens is 2. The molecule has 20 heavy (non-hydrogen) atoms. The highest BCUT2D eigenvalue weighted by atomic mass is 19.1. The maximum atomic E-state index is 13.5. The van der Waals surface area contributed by atoms with Crippen molar-refractivity contribution in [3.63, 3.8) is 0 Å². The summed E-state index contributed by atoms with van der Waals surface area (Å²) in [6.45, 7) is 3.86. The fourth-order valence-electron chi connectivity index (χ4n) is 2.01. The minimum atomic E-state index is -0.390. The standard InChI is InChI=1S/C15H13FN4/c1-10-7-8-20-14(9-10)17-11(2)15(20)19-18-13-6-4-3-5-12(13)16/h3-9H,1-2H3. The van der Waals surface area contributed by atoms with Crippen LogP contribution in [0.25, 0.3) is 5.65 Å². The summed E-state index contributed by atoms with van der Waals surface area (Å²) in [7, 11) is 0. The number of imidazole rings is 1. The molecule has 0 radical (unpaired) electrons. The SMILES string of the molecule is Cc1ccn2c(N=Nc3ccccc3F)c(C)nc2c1. The number of azo groups is 1. The Morgan fingerprint density at radius 3 is 2.70 bits per heavy atom. The normalized spacial score (nSPS) is 11.6. The number of nitrogens with zero attached hydrogens (tertiary/aromatic N) is 4. The molecule has 0 atom stereocenters. The van der Waals surface area contributed by atoms with E-state index in [0.29, 0.717) is 5.82 Å². The zero-order chi connectivity index (χ0) is 14.1. The highest BCUT2D eigenvalue weighted by Gasteiger charge is 2.08. The van der Waals surface area contributed by atoms with Gasteiger partial charge in [-0.1, -0.05) is 12.1 Å². The van der Waals surface area contributed by atoms with E-state index in [9.17, 15) is 4.39 Å². The van der Waals surface area contributed by atoms with Gasteiger partial charge < -0.3 is 0 Å². The highest BCUT2D eigenvalue weighted by Crippen LogP contribution is 2.25. The van der Waals surface area contributed by atoms with Crippen molar-refractivity contribution in [1.29, 1.82) is 0 Å². The van der Waals surface area contributed by atoms with Gasteiger partial charge in [-0.2, -0.15) is 0 Å². The number of rotatable bonds is 2. The van der Waals surface area contributed by atoms with Gasteiger partial charge in [0.05, 0.1) is 5.69 Å². The van der Waals surface area contributed by atoms with Crippen LogP contribution in [-0.4, -0.2) is 9.38 Å². The first-order valence-electron chi connectivity index (χ1n) is 6.27. The molecule has 0 aliphatic rings. The Hall–Kier alpha value is -2.56. The number of fused-ring (bicyclic) bond motifs is 1. The van der Waals surface area contributed by atoms with Gasteiger partial charge >= 0.3 is 0 Å². The molecule has 0 bridgehead atoms. The lowest BCUT2D eigenvalue weighted by atomic mass is 10.3. The monoisotopic (exact) mass is 268 g/mol. The molecule has 0 aliphatic carbocycles. The van der Waals surface area contributed by atoms with Crippen LogP contribution < -0.4 is 0 Å². The fourth-order valence-corrected chi connectivity index (χ4v) is 2.01. The van der Waals surface area contributed by atoms with Crippen LogP contribution in [0.15, 0.2) is 52.8 Å². The molecule has 3 rings (SSSR count). The molecule has 0 saturated heterocycles. The first kappa shape index (κ1) is 12.5. The number of benzene rings is 1. The van der Waals surface area contributed by atoms with Crippen molar-refractivity contribution >= 4 is 17.2 Å². The van der Waals surface area contributed by atoms with Crippen molar-refractivity contribution in [2.24, 2.45) is 10.2 Å². The molecule has 0 fully saturated rings. The molecule has 0 aliphatic heterocycles. The Labute approximate surface area is 115 Å². The van der Waals surface area contributed by atoms with Gasteiger partial charge in [-0.25, -0.2) is 9.37 Å². The average Bonchev–Trinajstić information content (AvgIpc) is 2.73. The van der Waals surface area contributed by atoms with Gasteiger partial charge in [0.1, 0.15) is 11.3 Å². The summed E-state index contributed by atoms with van der Waals surface area (Å²) in [5.74, 6) is 0.224. The van der Waals surface area contributed by atoms with Gasteiger partial charge in [-0.05, 0) is 43.7 Å². The van der Waals surface area contributed by atoms with Crippen LogP contribution in [0.5, 0.6) is 0 Å². The second-order valence-corrected chi connectivity index (χ2v) is 4.60. The Balaban J connectivity index is 2.07. The first-order chi connectivity index (χ1) is 9.65. The summed E-state index contributed by atoms with van der Waals surface area (Å²) in [6.07, 6.45) is 1.89. The Kier molecular flexibility index (Phi) is 3.02. The predicted molar refractivity (Wildman–Crippen MR) is 75.2 cm³/mol. The molecule has 3 aromatic rings. The third-order valence-electron chi connectivity index (χ3n) is 3.03. The van der Waals surface area contributed by atoms with Crippen molar-refractivity contribution in [1.82, 2.24) is 9.38 Å². The lowest BCUT2D eigenvalue weighted by molar-refractivity contribution is 0.628. The fraction of sp³-hybridized carbons (Fsp3) is 0.133. The Bertz CT molecular complexity index is 805. The Morgan fingerprint density at radius 1 is 1.10 bits per heavy atom. The van der Waals surface area contributed by atoms with E-state index in [2.05, 4.69) is 15.2 Å². The average molecular weight is 268 g/mol. The maximum absolute atomic E-state index is 13.5. The highest BCUT2D eigenvalue weighted by molar-refractivity contribution is 5.53. The van der Waals surface area contributed by atoms with E-state index in [4.69, 9.17) is 0 Å². The predicted octanol–water partition coefficient (Wildman–Crippen LogP) is 4.51. The van der Waals surface area contributed by atoms with E-state index in [-0.39, 0.29) is 5.69 Å². The molecule has 1 aromatic carbocycles. The third kappa shape index (κ3) is 2.18. The van der Waals surface area contributed by atoms with Gasteiger partial charge in [-0.3, -0.25) is 4.40 Å². The van der Waals surface area contributed by atoms with Crippen LogP contribution >= 0.6 is 0 Å². The zero-order valence-corrected chi connectivity index (χ0v) is 11.2. The largest absolute Gasteiger partial charge is 0.283 e. The topological polar surface area (TPSA) is 42.0 Å². The number of aryl methyl sites for hydroxylation is 2. The lowest BCUT2D eigenvalue weighted by Crippen LogP contribution is -1.84. The summed E-state index contributed by atoms with van der Waals surface area (Å²) in [5.41, 5.74) is 2.91. The van der Waals surface area contributed by atoms with E-state index in [1.54, 1.807) is 18.2 Å². The summed E-state index contributed by atoms with van der Waals surface area (Å²) in [5, 5.41) is 8.11. The van der Waals surface area contributed by atoms with E-state index < -0.39 is 5.82 Å².